The van der Waals surface area contributed by atoms with Crippen LogP contribution < -0.4 is 4.74 Å². The first-order valence-electron chi connectivity index (χ1n) is 8.76. The van der Waals surface area contributed by atoms with Crippen LogP contribution in [0.25, 0.3) is 11.5 Å². The molecule has 146 valence electrons. The van der Waals surface area contributed by atoms with Gasteiger partial charge in [-0.15, -0.1) is 10.2 Å². The number of hydrogen-bond donors (Lipinski definition) is 0. The highest BCUT2D eigenvalue weighted by Gasteiger charge is 2.40. The molecule has 2 aromatic heterocycles. The first-order chi connectivity index (χ1) is 13.4. The van der Waals surface area contributed by atoms with Crippen molar-refractivity contribution in [1.29, 1.82) is 0 Å². The van der Waals surface area contributed by atoms with Gasteiger partial charge in [0.25, 0.3) is 5.89 Å². The number of methoxy groups -OCH3 is 1. The van der Waals surface area contributed by atoms with Gasteiger partial charge in [0, 0.05) is 24.2 Å². The fourth-order valence-corrected chi connectivity index (χ4v) is 3.43. The van der Waals surface area contributed by atoms with E-state index in [1.165, 1.54) is 18.0 Å². The maximum atomic E-state index is 12.6. The van der Waals surface area contributed by atoms with Gasteiger partial charge in [-0.1, -0.05) is 18.6 Å². The molecule has 28 heavy (non-hydrogen) atoms. The van der Waals surface area contributed by atoms with E-state index in [0.29, 0.717) is 12.2 Å². The molecule has 0 unspecified atom stereocenters. The number of benzene rings is 1. The van der Waals surface area contributed by atoms with E-state index in [0.717, 1.165) is 25.0 Å². The summed E-state index contributed by atoms with van der Waals surface area (Å²) in [5, 5.41) is 6.43. The molecule has 0 amide bonds. The van der Waals surface area contributed by atoms with E-state index in [1.54, 1.807) is 7.11 Å². The highest BCUT2D eigenvalue weighted by Crippen LogP contribution is 2.46. The Labute approximate surface area is 158 Å². The van der Waals surface area contributed by atoms with Gasteiger partial charge in [0.05, 0.1) is 12.7 Å². The molecule has 9 heteroatoms. The van der Waals surface area contributed by atoms with E-state index < -0.39 is 12.1 Å². The number of aromatic nitrogens is 4. The van der Waals surface area contributed by atoms with Crippen LogP contribution in [0.4, 0.5) is 13.2 Å². The zero-order valence-corrected chi connectivity index (χ0v) is 15.0. The van der Waals surface area contributed by atoms with Crippen molar-refractivity contribution in [3.05, 3.63) is 53.9 Å². The van der Waals surface area contributed by atoms with Crippen LogP contribution in [-0.4, -0.2) is 27.3 Å². The van der Waals surface area contributed by atoms with Crippen molar-refractivity contribution < 1.29 is 22.3 Å². The van der Waals surface area contributed by atoms with E-state index in [2.05, 4.69) is 36.7 Å². The Morgan fingerprint density at radius 3 is 2.25 bits per heavy atom. The highest BCUT2D eigenvalue weighted by molar-refractivity contribution is 5.49. The predicted molar refractivity (Wildman–Crippen MR) is 92.6 cm³/mol. The topological polar surface area (TPSA) is 73.9 Å². The van der Waals surface area contributed by atoms with E-state index in [9.17, 15) is 13.2 Å². The lowest BCUT2D eigenvalue weighted by atomic mass is 9.62. The summed E-state index contributed by atoms with van der Waals surface area (Å²) in [5.41, 5.74) is 1.43. The van der Waals surface area contributed by atoms with Gasteiger partial charge in [-0.3, -0.25) is 0 Å². The van der Waals surface area contributed by atoms with Gasteiger partial charge < -0.3 is 9.15 Å². The van der Waals surface area contributed by atoms with Crippen LogP contribution in [0.2, 0.25) is 0 Å². The summed E-state index contributed by atoms with van der Waals surface area (Å²) < 4.78 is 47.6. The van der Waals surface area contributed by atoms with Crippen molar-refractivity contribution >= 4 is 0 Å². The van der Waals surface area contributed by atoms with Crippen LogP contribution >= 0.6 is 0 Å². The van der Waals surface area contributed by atoms with E-state index in [1.807, 2.05) is 12.1 Å². The van der Waals surface area contributed by atoms with Gasteiger partial charge >= 0.3 is 12.1 Å². The Morgan fingerprint density at radius 1 is 1.07 bits per heavy atom. The molecule has 3 aromatic rings. The van der Waals surface area contributed by atoms with Gasteiger partial charge in [-0.2, -0.15) is 13.2 Å². The minimum Gasteiger partial charge on any atom is -0.497 e. The third-order valence-electron chi connectivity index (χ3n) is 5.13. The number of nitrogens with zero attached hydrogens (tertiary/aromatic N) is 4. The molecule has 0 radical (unpaired) electrons. The van der Waals surface area contributed by atoms with Gasteiger partial charge in [0.1, 0.15) is 11.6 Å². The summed E-state index contributed by atoms with van der Waals surface area (Å²) in [6.07, 6.45) is 1.99. The molecular weight excluding hydrogens is 373 g/mol. The molecule has 0 atom stereocenters. The number of alkyl halides is 3. The maximum Gasteiger partial charge on any atom is 0.470 e. The second-order valence-corrected chi connectivity index (χ2v) is 6.84. The smallest absolute Gasteiger partial charge is 0.470 e. The first-order valence-corrected chi connectivity index (χ1v) is 8.76. The molecule has 1 aliphatic rings. The van der Waals surface area contributed by atoms with Crippen LogP contribution in [0, 0.1) is 0 Å². The molecule has 0 saturated heterocycles. The molecule has 2 heterocycles. The predicted octanol–water partition coefficient (Wildman–Crippen LogP) is 4.22. The minimum atomic E-state index is -4.68. The summed E-state index contributed by atoms with van der Waals surface area (Å²) in [5.74, 6) is -0.224. The summed E-state index contributed by atoms with van der Waals surface area (Å²) in [4.78, 5) is 8.62. The van der Waals surface area contributed by atoms with E-state index >= 15 is 0 Å². The van der Waals surface area contributed by atoms with Crippen molar-refractivity contribution in [1.82, 2.24) is 20.2 Å². The molecule has 0 N–H and O–H groups in total. The molecule has 0 bridgehead atoms. The van der Waals surface area contributed by atoms with Crippen LogP contribution in [0.5, 0.6) is 5.75 Å². The zero-order chi connectivity index (χ0) is 19.8. The molecule has 1 aromatic carbocycles. The molecule has 4 rings (SSSR count). The lowest BCUT2D eigenvalue weighted by Crippen LogP contribution is -2.37. The molecule has 1 saturated carbocycles. The molecule has 0 aliphatic heterocycles. The van der Waals surface area contributed by atoms with Gasteiger partial charge in [-0.05, 0) is 30.5 Å². The SMILES string of the molecule is COc1ccc(C2(Cc3ncc(-c4nnc(C(F)(F)F)o4)cn3)CCC2)cc1. The fraction of sp³-hybridized carbons (Fsp3) is 0.368. The lowest BCUT2D eigenvalue weighted by Gasteiger charge is -2.42. The lowest BCUT2D eigenvalue weighted by molar-refractivity contribution is -0.156. The molecule has 1 fully saturated rings. The Bertz CT molecular complexity index is 949. The molecule has 0 spiro atoms. The maximum absolute atomic E-state index is 12.6. The molecule has 1 aliphatic carbocycles. The number of hydrogen-bond acceptors (Lipinski definition) is 6. The first kappa shape index (κ1) is 18.4. The van der Waals surface area contributed by atoms with Crippen molar-refractivity contribution in [2.45, 2.75) is 37.3 Å². The van der Waals surface area contributed by atoms with Crippen molar-refractivity contribution in [3.8, 4) is 17.2 Å². The third kappa shape index (κ3) is 3.44. The average Bonchev–Trinajstić information content (AvgIpc) is 3.16. The number of halogens is 3. The van der Waals surface area contributed by atoms with Gasteiger partial charge in [0.2, 0.25) is 0 Å². The second kappa shape index (κ2) is 6.88. The average molecular weight is 390 g/mol. The third-order valence-corrected chi connectivity index (χ3v) is 5.13. The summed E-state index contributed by atoms with van der Waals surface area (Å²) in [6, 6.07) is 7.99. The summed E-state index contributed by atoms with van der Waals surface area (Å²) in [7, 11) is 1.63. The van der Waals surface area contributed by atoms with E-state index in [4.69, 9.17) is 4.74 Å². The van der Waals surface area contributed by atoms with Crippen LogP contribution in [0.3, 0.4) is 0 Å². The molecular formula is C19H17F3N4O2. The normalized spacial score (nSPS) is 15.9. The molecule has 6 nitrogen and oxygen atoms in total. The standard InChI is InChI=1S/C19H17F3N4O2/c1-27-14-5-3-13(4-6-14)18(7-2-8-18)9-15-23-10-12(11-24-15)16-25-26-17(28-16)19(20,21)22/h3-6,10-11H,2,7-9H2,1H3. The van der Waals surface area contributed by atoms with Crippen LogP contribution in [-0.2, 0) is 18.0 Å². The van der Waals surface area contributed by atoms with Crippen LogP contribution in [0.1, 0.15) is 36.5 Å². The quantitative estimate of drug-likeness (QED) is 0.650. The van der Waals surface area contributed by atoms with Crippen LogP contribution in [0.15, 0.2) is 41.1 Å². The highest BCUT2D eigenvalue weighted by atomic mass is 19.4. The Hall–Kier alpha value is -2.97. The van der Waals surface area contributed by atoms with Crippen molar-refractivity contribution in [2.75, 3.05) is 7.11 Å². The monoisotopic (exact) mass is 390 g/mol. The zero-order valence-electron chi connectivity index (χ0n) is 15.0. The Morgan fingerprint density at radius 2 is 1.75 bits per heavy atom. The minimum absolute atomic E-state index is 0.0261. The summed E-state index contributed by atoms with van der Waals surface area (Å²) in [6.45, 7) is 0. The van der Waals surface area contributed by atoms with Crippen molar-refractivity contribution in [2.24, 2.45) is 0 Å². The number of ether oxygens (including phenoxy) is 1. The van der Waals surface area contributed by atoms with E-state index in [-0.39, 0.29) is 16.9 Å². The number of rotatable bonds is 5. The van der Waals surface area contributed by atoms with Gasteiger partial charge in [0.15, 0.2) is 0 Å². The Kier molecular flexibility index (Phi) is 4.52. The second-order valence-electron chi connectivity index (χ2n) is 6.84. The van der Waals surface area contributed by atoms with Gasteiger partial charge in [-0.25, -0.2) is 9.97 Å². The summed E-state index contributed by atoms with van der Waals surface area (Å²) >= 11 is 0. The fourth-order valence-electron chi connectivity index (χ4n) is 3.43. The van der Waals surface area contributed by atoms with Crippen molar-refractivity contribution in [3.63, 3.8) is 0 Å². The largest absolute Gasteiger partial charge is 0.497 e. The Balaban J connectivity index is 1.52.